The minimum Gasteiger partial charge on any atom is -0.494 e. The highest BCUT2D eigenvalue weighted by atomic mass is 19.4. The molecule has 0 spiro atoms. The second-order valence-electron chi connectivity index (χ2n) is 7.16. The fraction of sp³-hybridized carbons (Fsp3) is 0.318. The van der Waals surface area contributed by atoms with Crippen LogP contribution in [-0.2, 0) is 12.6 Å². The number of halogens is 3. The van der Waals surface area contributed by atoms with E-state index in [4.69, 9.17) is 4.74 Å². The van der Waals surface area contributed by atoms with Crippen molar-refractivity contribution in [3.8, 4) is 5.75 Å². The Morgan fingerprint density at radius 3 is 2.62 bits per heavy atom. The van der Waals surface area contributed by atoms with Crippen LogP contribution in [0.15, 0.2) is 54.6 Å². The SMILES string of the molecule is COc1ccc(N2CCNC(Cc3ccccc3)C2)c2ccc(C(F)(F)F)nc12. The van der Waals surface area contributed by atoms with Gasteiger partial charge in [0, 0.05) is 36.7 Å². The van der Waals surface area contributed by atoms with Crippen LogP contribution in [0.1, 0.15) is 11.3 Å². The number of anilines is 1. The van der Waals surface area contributed by atoms with Crippen LogP contribution in [0.3, 0.4) is 0 Å². The lowest BCUT2D eigenvalue weighted by Crippen LogP contribution is -2.51. The van der Waals surface area contributed by atoms with Crippen molar-refractivity contribution in [1.82, 2.24) is 10.3 Å². The maximum absolute atomic E-state index is 13.1. The molecule has 7 heteroatoms. The van der Waals surface area contributed by atoms with Gasteiger partial charge in [-0.3, -0.25) is 0 Å². The van der Waals surface area contributed by atoms with Crippen molar-refractivity contribution in [2.75, 3.05) is 31.6 Å². The Morgan fingerprint density at radius 1 is 1.10 bits per heavy atom. The monoisotopic (exact) mass is 401 g/mol. The largest absolute Gasteiger partial charge is 0.494 e. The van der Waals surface area contributed by atoms with Gasteiger partial charge in [-0.25, -0.2) is 4.98 Å². The lowest BCUT2D eigenvalue weighted by Gasteiger charge is -2.36. The lowest BCUT2D eigenvalue weighted by molar-refractivity contribution is -0.140. The molecule has 1 atom stereocenters. The van der Waals surface area contributed by atoms with E-state index in [-0.39, 0.29) is 11.6 Å². The van der Waals surface area contributed by atoms with Crippen LogP contribution in [0.2, 0.25) is 0 Å². The van der Waals surface area contributed by atoms with Crippen LogP contribution >= 0.6 is 0 Å². The van der Waals surface area contributed by atoms with E-state index in [0.29, 0.717) is 11.1 Å². The Labute approximate surface area is 167 Å². The van der Waals surface area contributed by atoms with Gasteiger partial charge in [0.1, 0.15) is 17.0 Å². The molecule has 1 aliphatic rings. The summed E-state index contributed by atoms with van der Waals surface area (Å²) < 4.78 is 44.7. The number of rotatable bonds is 4. The number of nitrogens with zero attached hydrogens (tertiary/aromatic N) is 2. The number of piperazine rings is 1. The summed E-state index contributed by atoms with van der Waals surface area (Å²) in [6.07, 6.45) is -3.60. The van der Waals surface area contributed by atoms with Crippen LogP contribution in [0, 0.1) is 0 Å². The van der Waals surface area contributed by atoms with E-state index in [1.54, 1.807) is 6.07 Å². The molecular weight excluding hydrogens is 379 g/mol. The summed E-state index contributed by atoms with van der Waals surface area (Å²) in [7, 11) is 1.44. The van der Waals surface area contributed by atoms with Gasteiger partial charge in [0.05, 0.1) is 7.11 Å². The van der Waals surface area contributed by atoms with Crippen LogP contribution < -0.4 is 15.0 Å². The molecule has 0 aliphatic carbocycles. The molecule has 0 radical (unpaired) electrons. The standard InChI is InChI=1S/C22H22F3N3O/c1-29-19-9-8-18(17-7-10-20(22(23,24)25)27-21(17)19)28-12-11-26-16(14-28)13-15-5-3-2-4-6-15/h2-10,16,26H,11-14H2,1H3. The molecule has 1 saturated heterocycles. The first-order valence-corrected chi connectivity index (χ1v) is 9.53. The molecule has 2 heterocycles. The van der Waals surface area contributed by atoms with E-state index in [1.807, 2.05) is 24.3 Å². The van der Waals surface area contributed by atoms with Gasteiger partial charge in [-0.1, -0.05) is 30.3 Å². The molecule has 1 fully saturated rings. The number of aromatic nitrogens is 1. The molecule has 1 N–H and O–H groups in total. The maximum atomic E-state index is 13.1. The normalized spacial score (nSPS) is 17.5. The number of hydrogen-bond donors (Lipinski definition) is 1. The molecule has 0 bridgehead atoms. The Hall–Kier alpha value is -2.80. The third kappa shape index (κ3) is 4.15. The summed E-state index contributed by atoms with van der Waals surface area (Å²) in [5.41, 5.74) is 1.45. The topological polar surface area (TPSA) is 37.4 Å². The molecule has 0 amide bonds. The van der Waals surface area contributed by atoms with Gasteiger partial charge in [-0.15, -0.1) is 0 Å². The highest BCUT2D eigenvalue weighted by molar-refractivity contribution is 5.96. The Kier molecular flexibility index (Phi) is 5.32. The minimum atomic E-state index is -4.50. The number of methoxy groups -OCH3 is 1. The van der Waals surface area contributed by atoms with Crippen LogP contribution in [0.5, 0.6) is 5.75 Å². The third-order valence-corrected chi connectivity index (χ3v) is 5.23. The Morgan fingerprint density at radius 2 is 1.90 bits per heavy atom. The fourth-order valence-electron chi connectivity index (χ4n) is 3.85. The van der Waals surface area contributed by atoms with Gasteiger partial charge in [0.25, 0.3) is 0 Å². The molecule has 152 valence electrons. The Bertz CT molecular complexity index is 992. The highest BCUT2D eigenvalue weighted by Crippen LogP contribution is 2.36. The molecule has 2 aromatic carbocycles. The van der Waals surface area contributed by atoms with Crippen LogP contribution in [-0.4, -0.2) is 37.8 Å². The van der Waals surface area contributed by atoms with Gasteiger partial charge < -0.3 is 15.0 Å². The predicted octanol–water partition coefficient (Wildman–Crippen LogP) is 4.28. The van der Waals surface area contributed by atoms with E-state index in [0.717, 1.165) is 37.8 Å². The zero-order chi connectivity index (χ0) is 20.4. The van der Waals surface area contributed by atoms with Gasteiger partial charge in [-0.05, 0) is 36.2 Å². The molecule has 1 aliphatic heterocycles. The van der Waals surface area contributed by atoms with Crippen molar-refractivity contribution in [3.63, 3.8) is 0 Å². The number of benzene rings is 2. The van der Waals surface area contributed by atoms with E-state index >= 15 is 0 Å². The number of hydrogen-bond acceptors (Lipinski definition) is 4. The molecule has 29 heavy (non-hydrogen) atoms. The molecule has 1 unspecified atom stereocenters. The van der Waals surface area contributed by atoms with Crippen molar-refractivity contribution in [2.45, 2.75) is 18.6 Å². The van der Waals surface area contributed by atoms with E-state index < -0.39 is 11.9 Å². The van der Waals surface area contributed by atoms with E-state index in [2.05, 4.69) is 27.3 Å². The minimum absolute atomic E-state index is 0.234. The second kappa shape index (κ2) is 7.91. The first-order chi connectivity index (χ1) is 14.0. The average molecular weight is 401 g/mol. The van der Waals surface area contributed by atoms with E-state index in [9.17, 15) is 13.2 Å². The van der Waals surface area contributed by atoms with Gasteiger partial charge >= 0.3 is 6.18 Å². The maximum Gasteiger partial charge on any atom is 0.433 e. The predicted molar refractivity (Wildman–Crippen MR) is 107 cm³/mol. The molecule has 1 aromatic heterocycles. The summed E-state index contributed by atoms with van der Waals surface area (Å²) in [5, 5.41) is 4.20. The smallest absolute Gasteiger partial charge is 0.433 e. The van der Waals surface area contributed by atoms with E-state index in [1.165, 1.54) is 18.7 Å². The van der Waals surface area contributed by atoms with Crippen LogP contribution in [0.25, 0.3) is 10.9 Å². The molecule has 0 saturated carbocycles. The number of nitrogens with one attached hydrogen (secondary N) is 1. The van der Waals surface area contributed by atoms with Gasteiger partial charge in [0.15, 0.2) is 0 Å². The van der Waals surface area contributed by atoms with Crippen molar-refractivity contribution in [2.24, 2.45) is 0 Å². The average Bonchev–Trinajstić information content (AvgIpc) is 2.73. The quantitative estimate of drug-likeness (QED) is 0.708. The lowest BCUT2D eigenvalue weighted by atomic mass is 10.0. The van der Waals surface area contributed by atoms with Crippen molar-refractivity contribution in [3.05, 3.63) is 65.9 Å². The third-order valence-electron chi connectivity index (χ3n) is 5.23. The van der Waals surface area contributed by atoms with Crippen molar-refractivity contribution in [1.29, 1.82) is 0 Å². The van der Waals surface area contributed by atoms with Crippen molar-refractivity contribution >= 4 is 16.6 Å². The van der Waals surface area contributed by atoms with Crippen molar-refractivity contribution < 1.29 is 17.9 Å². The number of alkyl halides is 3. The molecular formula is C22H22F3N3O. The molecule has 4 nitrogen and oxygen atoms in total. The summed E-state index contributed by atoms with van der Waals surface area (Å²) in [5.74, 6) is 0.339. The summed E-state index contributed by atoms with van der Waals surface area (Å²) in [6, 6.07) is 16.6. The molecule has 3 aromatic rings. The Balaban J connectivity index is 1.66. The summed E-state index contributed by atoms with van der Waals surface area (Å²) in [6.45, 7) is 2.34. The number of fused-ring (bicyclic) bond motifs is 1. The zero-order valence-corrected chi connectivity index (χ0v) is 16.0. The van der Waals surface area contributed by atoms with Gasteiger partial charge in [-0.2, -0.15) is 13.2 Å². The number of pyridine rings is 1. The summed E-state index contributed by atoms with van der Waals surface area (Å²) in [4.78, 5) is 6.08. The highest BCUT2D eigenvalue weighted by Gasteiger charge is 2.33. The zero-order valence-electron chi connectivity index (χ0n) is 16.0. The first kappa shape index (κ1) is 19.5. The fourth-order valence-corrected chi connectivity index (χ4v) is 3.85. The molecule has 4 rings (SSSR count). The second-order valence-corrected chi connectivity index (χ2v) is 7.16. The van der Waals surface area contributed by atoms with Crippen LogP contribution in [0.4, 0.5) is 18.9 Å². The number of ether oxygens (including phenoxy) is 1. The first-order valence-electron chi connectivity index (χ1n) is 9.53. The van der Waals surface area contributed by atoms with Gasteiger partial charge in [0.2, 0.25) is 0 Å². The summed E-state index contributed by atoms with van der Waals surface area (Å²) >= 11 is 0.